The molecule has 0 unspecified atom stereocenters. The molecule has 80 valence electrons. The van der Waals surface area contributed by atoms with Crippen LogP contribution in [-0.2, 0) is 4.79 Å². The molecule has 15 heavy (non-hydrogen) atoms. The molecule has 0 radical (unpaired) electrons. The molecule has 0 atom stereocenters. The number of rotatable bonds is 3. The number of carboxylic acid groups (broad SMARTS) is 1. The van der Waals surface area contributed by atoms with Crippen LogP contribution in [-0.4, -0.2) is 27.0 Å². The Bertz CT molecular complexity index is 438. The van der Waals surface area contributed by atoms with E-state index in [1.165, 1.54) is 0 Å². The van der Waals surface area contributed by atoms with Gasteiger partial charge in [0, 0.05) is 0 Å². The molecule has 0 aromatic carbocycles. The van der Waals surface area contributed by atoms with Crippen molar-refractivity contribution in [2.45, 2.75) is 6.92 Å². The highest BCUT2D eigenvalue weighted by Gasteiger charge is 2.14. The first-order chi connectivity index (χ1) is 6.91. The van der Waals surface area contributed by atoms with Crippen molar-refractivity contribution in [2.24, 2.45) is 0 Å². The fraction of sp³-hybridized carbons (Fsp3) is 0.125. The maximum absolute atomic E-state index is 11.1. The lowest BCUT2D eigenvalue weighted by Crippen LogP contribution is -2.12. The third kappa shape index (κ3) is 2.57. The number of amides is 1. The van der Waals surface area contributed by atoms with Crippen molar-refractivity contribution < 1.29 is 14.7 Å². The Morgan fingerprint density at radius 1 is 1.60 bits per heavy atom. The number of carbonyl (C=O) groups excluding carboxylic acids is 1. The van der Waals surface area contributed by atoms with Gasteiger partial charge in [-0.3, -0.25) is 4.79 Å². The van der Waals surface area contributed by atoms with Crippen LogP contribution in [0.5, 0.6) is 0 Å². The van der Waals surface area contributed by atoms with Crippen molar-refractivity contribution in [2.75, 3.05) is 5.32 Å². The van der Waals surface area contributed by atoms with Gasteiger partial charge < -0.3 is 15.4 Å². The van der Waals surface area contributed by atoms with E-state index >= 15 is 0 Å². The van der Waals surface area contributed by atoms with Gasteiger partial charge in [0.2, 0.25) is 5.82 Å². The first kappa shape index (κ1) is 11.3. The molecule has 6 nitrogen and oxygen atoms in total. The molecular weight excluding hydrogens is 222 g/mol. The average molecular weight is 230 g/mol. The molecule has 0 spiro atoms. The van der Waals surface area contributed by atoms with Crippen LogP contribution in [0.4, 0.5) is 5.82 Å². The van der Waals surface area contributed by atoms with E-state index in [1.54, 1.807) is 6.92 Å². The molecule has 3 N–H and O–H groups in total. The first-order valence-electron chi connectivity index (χ1n) is 3.87. The maximum atomic E-state index is 11.1. The number of hydrogen-bond acceptors (Lipinski definition) is 3. The summed E-state index contributed by atoms with van der Waals surface area (Å²) in [6, 6.07) is 0. The van der Waals surface area contributed by atoms with Crippen molar-refractivity contribution in [1.82, 2.24) is 9.97 Å². The standard InChI is InChI=1S/C8H8ClN3O3/c1-3(9)7(13)12-5-4(2)10-6(11-5)8(14)15/h1H2,2H3,(H,10,11)(H,12,13)(H,14,15). The van der Waals surface area contributed by atoms with E-state index in [2.05, 4.69) is 21.9 Å². The first-order valence-corrected chi connectivity index (χ1v) is 4.25. The maximum Gasteiger partial charge on any atom is 0.371 e. The van der Waals surface area contributed by atoms with Gasteiger partial charge in [-0.2, -0.15) is 0 Å². The molecule has 0 fully saturated rings. The van der Waals surface area contributed by atoms with Gasteiger partial charge in [-0.1, -0.05) is 18.2 Å². The molecular formula is C8H8ClN3O3. The highest BCUT2D eigenvalue weighted by Crippen LogP contribution is 2.12. The number of imidazole rings is 1. The van der Waals surface area contributed by atoms with Crippen LogP contribution in [0.15, 0.2) is 11.6 Å². The predicted octanol–water partition coefficient (Wildman–Crippen LogP) is 1.11. The Hall–Kier alpha value is -1.82. The Balaban J connectivity index is 2.91. The van der Waals surface area contributed by atoms with Crippen LogP contribution in [0.3, 0.4) is 0 Å². The van der Waals surface area contributed by atoms with E-state index in [0.717, 1.165) is 0 Å². The van der Waals surface area contributed by atoms with E-state index in [0.29, 0.717) is 5.69 Å². The number of nitrogens with zero attached hydrogens (tertiary/aromatic N) is 1. The summed E-state index contributed by atoms with van der Waals surface area (Å²) in [5.41, 5.74) is 0.429. The number of carbonyl (C=O) groups is 2. The number of aromatic carboxylic acids is 1. The van der Waals surface area contributed by atoms with Gasteiger partial charge in [-0.05, 0) is 6.92 Å². The zero-order chi connectivity index (χ0) is 11.6. The van der Waals surface area contributed by atoms with Crippen molar-refractivity contribution in [3.8, 4) is 0 Å². The number of aromatic nitrogens is 2. The number of carboxylic acids is 1. The summed E-state index contributed by atoms with van der Waals surface area (Å²) >= 11 is 5.34. The quantitative estimate of drug-likeness (QED) is 0.677. The van der Waals surface area contributed by atoms with Gasteiger partial charge in [-0.25, -0.2) is 9.78 Å². The van der Waals surface area contributed by atoms with Gasteiger partial charge >= 0.3 is 5.97 Å². The number of nitrogens with one attached hydrogen (secondary N) is 2. The fourth-order valence-electron chi connectivity index (χ4n) is 0.859. The molecule has 1 rings (SSSR count). The lowest BCUT2D eigenvalue weighted by atomic mass is 10.4. The van der Waals surface area contributed by atoms with Gasteiger partial charge in [0.1, 0.15) is 0 Å². The molecule has 0 saturated heterocycles. The number of aryl methyl sites for hydroxylation is 1. The molecule has 1 aromatic rings. The van der Waals surface area contributed by atoms with Crippen LogP contribution < -0.4 is 5.32 Å². The Morgan fingerprint density at radius 2 is 2.20 bits per heavy atom. The summed E-state index contributed by atoms with van der Waals surface area (Å²) in [5, 5.41) is 10.7. The molecule has 1 amide bonds. The smallest absolute Gasteiger partial charge is 0.371 e. The summed E-state index contributed by atoms with van der Waals surface area (Å²) in [5.74, 6) is -1.95. The second kappa shape index (κ2) is 4.14. The number of anilines is 1. The molecule has 0 aliphatic heterocycles. The highest BCUT2D eigenvalue weighted by atomic mass is 35.5. The summed E-state index contributed by atoms with van der Waals surface area (Å²) in [6.45, 7) is 4.80. The van der Waals surface area contributed by atoms with E-state index in [-0.39, 0.29) is 16.7 Å². The normalized spacial score (nSPS) is 9.73. The van der Waals surface area contributed by atoms with Gasteiger partial charge in [0.15, 0.2) is 5.82 Å². The average Bonchev–Trinajstić information content (AvgIpc) is 2.47. The van der Waals surface area contributed by atoms with Crippen LogP contribution >= 0.6 is 11.6 Å². The Kier molecular flexibility index (Phi) is 3.11. The zero-order valence-corrected chi connectivity index (χ0v) is 8.55. The highest BCUT2D eigenvalue weighted by molar-refractivity contribution is 6.43. The lowest BCUT2D eigenvalue weighted by Gasteiger charge is -1.99. The third-order valence-corrected chi connectivity index (χ3v) is 1.74. The zero-order valence-electron chi connectivity index (χ0n) is 7.80. The monoisotopic (exact) mass is 229 g/mol. The lowest BCUT2D eigenvalue weighted by molar-refractivity contribution is -0.112. The summed E-state index contributed by atoms with van der Waals surface area (Å²) in [6.07, 6.45) is 0. The number of H-pyrrole nitrogens is 1. The fourth-order valence-corrected chi connectivity index (χ4v) is 0.906. The van der Waals surface area contributed by atoms with Crippen molar-refractivity contribution >= 4 is 29.3 Å². The van der Waals surface area contributed by atoms with Crippen molar-refractivity contribution in [3.05, 3.63) is 23.1 Å². The van der Waals surface area contributed by atoms with E-state index in [4.69, 9.17) is 16.7 Å². The van der Waals surface area contributed by atoms with Crippen molar-refractivity contribution in [3.63, 3.8) is 0 Å². The van der Waals surface area contributed by atoms with Crippen LogP contribution in [0.1, 0.15) is 16.3 Å². The molecule has 1 heterocycles. The molecule has 0 aliphatic carbocycles. The molecule has 1 aromatic heterocycles. The minimum absolute atomic E-state index is 0.124. The summed E-state index contributed by atoms with van der Waals surface area (Å²) in [7, 11) is 0. The molecule has 7 heteroatoms. The van der Waals surface area contributed by atoms with Crippen LogP contribution in [0, 0.1) is 6.92 Å². The van der Waals surface area contributed by atoms with Gasteiger partial charge in [-0.15, -0.1) is 0 Å². The number of hydrogen-bond donors (Lipinski definition) is 3. The van der Waals surface area contributed by atoms with Crippen molar-refractivity contribution in [1.29, 1.82) is 0 Å². The molecule has 0 aliphatic rings. The Morgan fingerprint density at radius 3 is 2.60 bits per heavy atom. The summed E-state index contributed by atoms with van der Waals surface area (Å²) < 4.78 is 0. The molecule has 0 saturated carbocycles. The van der Waals surface area contributed by atoms with Gasteiger partial charge in [0.05, 0.1) is 10.7 Å². The second-order valence-electron chi connectivity index (χ2n) is 2.72. The van der Waals surface area contributed by atoms with Crippen LogP contribution in [0.2, 0.25) is 0 Å². The largest absolute Gasteiger partial charge is 0.475 e. The third-order valence-electron chi connectivity index (χ3n) is 1.57. The Labute approximate surface area is 90.0 Å². The SMILES string of the molecule is C=C(Cl)C(=O)Nc1nc(C(=O)O)[nH]c1C. The minimum Gasteiger partial charge on any atom is -0.475 e. The second-order valence-corrected chi connectivity index (χ2v) is 3.18. The minimum atomic E-state index is -1.21. The van der Waals surface area contributed by atoms with E-state index in [1.807, 2.05) is 0 Å². The predicted molar refractivity (Wildman–Crippen MR) is 53.9 cm³/mol. The number of aromatic amines is 1. The van der Waals surface area contributed by atoms with E-state index in [9.17, 15) is 9.59 Å². The van der Waals surface area contributed by atoms with Gasteiger partial charge in [0.25, 0.3) is 5.91 Å². The summed E-state index contributed by atoms with van der Waals surface area (Å²) in [4.78, 5) is 27.8. The van der Waals surface area contributed by atoms with E-state index < -0.39 is 11.9 Å². The topological polar surface area (TPSA) is 95.1 Å². The molecule has 0 bridgehead atoms. The van der Waals surface area contributed by atoms with Crippen LogP contribution in [0.25, 0.3) is 0 Å². The number of halogens is 1.